The van der Waals surface area contributed by atoms with Crippen LogP contribution in [0.2, 0.25) is 0 Å². The molecule has 5 aromatic rings. The van der Waals surface area contributed by atoms with E-state index in [4.69, 9.17) is 0 Å². The van der Waals surface area contributed by atoms with Crippen LogP contribution >= 0.6 is 0 Å². The summed E-state index contributed by atoms with van der Waals surface area (Å²) in [5.74, 6) is 1.27. The molecule has 0 atom stereocenters. The lowest BCUT2D eigenvalue weighted by Gasteiger charge is -2.44. The Morgan fingerprint density at radius 1 is 0.426 bits per heavy atom. The fourth-order valence-electron chi connectivity index (χ4n) is 7.27. The first kappa shape index (κ1) is 36.0. The molecule has 1 heterocycles. The molecule has 5 rings (SSSR count). The lowest BCUT2D eigenvalue weighted by Crippen LogP contribution is -2.74. The van der Waals surface area contributed by atoms with E-state index in [1.165, 1.54) is 130 Å². The molecule has 0 amide bonds. The van der Waals surface area contributed by atoms with Gasteiger partial charge in [0.25, 0.3) is 5.82 Å². The number of H-pyrrole nitrogens is 2. The van der Waals surface area contributed by atoms with Gasteiger partial charge < -0.3 is 0 Å². The molecule has 47 heavy (non-hydrogen) atoms. The zero-order valence-electron chi connectivity index (χ0n) is 29.1. The predicted molar refractivity (Wildman–Crippen MR) is 206 cm³/mol. The summed E-state index contributed by atoms with van der Waals surface area (Å²) in [7, 11) is 0. The van der Waals surface area contributed by atoms with Crippen LogP contribution in [0.4, 0.5) is 0 Å². The van der Waals surface area contributed by atoms with Crippen molar-refractivity contribution >= 4 is 28.0 Å². The molecule has 0 aliphatic carbocycles. The third kappa shape index (κ3) is 11.7. The Bertz CT molecular complexity index is 1260. The zero-order chi connectivity index (χ0) is 32.7. The van der Waals surface area contributed by atoms with Crippen molar-refractivity contribution in [1.29, 1.82) is 0 Å². The minimum atomic E-state index is -1.22. The predicted octanol–water partition coefficient (Wildman–Crippen LogP) is 9.31. The van der Waals surface area contributed by atoms with Crippen molar-refractivity contribution in [3.8, 4) is 0 Å². The molecular weight excluding hydrogens is 567 g/mol. The molecule has 2 nitrogen and oxygen atoms in total. The zero-order valence-corrected chi connectivity index (χ0v) is 29.1. The molecule has 2 N–H and O–H groups in total. The standard InChI is InChI=1S/C24H20B.C20H38N2/c1-5-13-21(14-6-1)25(22-15-7-2-8-16-22,23-17-9-3-10-18-23)24-19-11-4-12-20-24;1-2-3-4-5-6-7-8-9-10-11-12-13-14-15-16-17-20-21-18-19-22-20/h1-20H;18-19H,2-17H2,1H3,(H,21,22)/q-1;/p+1. The number of nitrogens with one attached hydrogen (secondary N) is 2. The van der Waals surface area contributed by atoms with Crippen LogP contribution in [0.15, 0.2) is 134 Å². The average molecular weight is 627 g/mol. The lowest BCUT2D eigenvalue weighted by atomic mass is 9.13. The molecule has 0 spiro atoms. The van der Waals surface area contributed by atoms with Gasteiger partial charge in [-0.3, -0.25) is 0 Å². The Morgan fingerprint density at radius 3 is 1.04 bits per heavy atom. The second kappa shape index (κ2) is 21.9. The molecule has 0 aliphatic rings. The maximum atomic E-state index is 3.23. The van der Waals surface area contributed by atoms with Gasteiger partial charge in [-0.05, 0) is 6.42 Å². The van der Waals surface area contributed by atoms with Crippen LogP contribution in [0.25, 0.3) is 0 Å². The second-order valence-corrected chi connectivity index (χ2v) is 13.3. The normalized spacial score (nSPS) is 11.2. The Morgan fingerprint density at radius 2 is 0.745 bits per heavy atom. The largest absolute Gasteiger partial charge is 0.251 e. The topological polar surface area (TPSA) is 29.9 Å². The molecule has 248 valence electrons. The first-order valence-electron chi connectivity index (χ1n) is 18.8. The van der Waals surface area contributed by atoms with E-state index in [-0.39, 0.29) is 0 Å². The summed E-state index contributed by atoms with van der Waals surface area (Å²) < 4.78 is 0. The third-order valence-electron chi connectivity index (χ3n) is 9.83. The van der Waals surface area contributed by atoms with Crippen molar-refractivity contribution in [2.24, 2.45) is 0 Å². The molecule has 3 heteroatoms. The summed E-state index contributed by atoms with van der Waals surface area (Å²) in [6.07, 6.45) is 25.4. The van der Waals surface area contributed by atoms with Crippen molar-refractivity contribution in [3.05, 3.63) is 140 Å². The SMILES string of the molecule is CCCCCCCCCCCCCCCCCc1[nH]cc[nH+]1.c1ccc([B-](c2ccccc2)(c2ccccc2)c2ccccc2)cc1. The molecule has 1 aromatic heterocycles. The number of rotatable bonds is 20. The van der Waals surface area contributed by atoms with E-state index >= 15 is 0 Å². The van der Waals surface area contributed by atoms with E-state index in [9.17, 15) is 0 Å². The molecular formula is C44H59BN2. The first-order chi connectivity index (χ1) is 23.4. The summed E-state index contributed by atoms with van der Waals surface area (Å²) in [6.45, 7) is 2.29. The minimum absolute atomic E-state index is 1.17. The van der Waals surface area contributed by atoms with Gasteiger partial charge in [0.15, 0.2) is 0 Å². The van der Waals surface area contributed by atoms with Crippen LogP contribution in [-0.2, 0) is 6.42 Å². The highest BCUT2D eigenvalue weighted by Crippen LogP contribution is 2.14. The number of aromatic amines is 2. The van der Waals surface area contributed by atoms with Crippen LogP contribution in [0, 0.1) is 0 Å². The number of hydrogen-bond donors (Lipinski definition) is 1. The Hall–Kier alpha value is -3.85. The first-order valence-corrected chi connectivity index (χ1v) is 18.8. The van der Waals surface area contributed by atoms with Crippen molar-refractivity contribution < 1.29 is 4.98 Å². The minimum Gasteiger partial charge on any atom is -0.248 e. The fourth-order valence-corrected chi connectivity index (χ4v) is 7.27. The highest BCUT2D eigenvalue weighted by Gasteiger charge is 2.31. The number of aromatic nitrogens is 2. The van der Waals surface area contributed by atoms with Gasteiger partial charge in [0.1, 0.15) is 18.5 Å². The van der Waals surface area contributed by atoms with Gasteiger partial charge in [0, 0.05) is 6.42 Å². The highest BCUT2D eigenvalue weighted by molar-refractivity contribution is 7.19. The molecule has 0 unspecified atom stereocenters. The summed E-state index contributed by atoms with van der Waals surface area (Å²) in [6, 6.07) is 43.5. The summed E-state index contributed by atoms with van der Waals surface area (Å²) >= 11 is 0. The van der Waals surface area contributed by atoms with Gasteiger partial charge in [-0.1, -0.05) is 218 Å². The second-order valence-electron chi connectivity index (χ2n) is 13.3. The number of hydrogen-bond acceptors (Lipinski definition) is 0. The molecule has 0 saturated carbocycles. The van der Waals surface area contributed by atoms with E-state index in [1.807, 2.05) is 12.4 Å². The van der Waals surface area contributed by atoms with Crippen molar-refractivity contribution in [3.63, 3.8) is 0 Å². The number of aryl methyl sites for hydroxylation is 1. The van der Waals surface area contributed by atoms with E-state index in [0.717, 1.165) is 0 Å². The molecule has 0 saturated heterocycles. The maximum Gasteiger partial charge on any atom is 0.251 e. The van der Waals surface area contributed by atoms with Crippen molar-refractivity contribution in [2.45, 2.75) is 110 Å². The Balaban J connectivity index is 0.000000215. The van der Waals surface area contributed by atoms with Crippen LogP contribution in [0.1, 0.15) is 109 Å². The van der Waals surface area contributed by atoms with E-state index in [0.29, 0.717) is 0 Å². The monoisotopic (exact) mass is 626 g/mol. The van der Waals surface area contributed by atoms with Gasteiger partial charge in [-0.15, -0.1) is 0 Å². The third-order valence-corrected chi connectivity index (χ3v) is 9.83. The van der Waals surface area contributed by atoms with Crippen LogP contribution in [0.5, 0.6) is 0 Å². The van der Waals surface area contributed by atoms with Crippen LogP contribution in [0.3, 0.4) is 0 Å². The Labute approximate surface area is 286 Å². The smallest absolute Gasteiger partial charge is 0.248 e. The van der Waals surface area contributed by atoms with Crippen molar-refractivity contribution in [2.75, 3.05) is 0 Å². The molecule has 0 bridgehead atoms. The fraction of sp³-hybridized carbons (Fsp3) is 0.386. The summed E-state index contributed by atoms with van der Waals surface area (Å²) in [5.41, 5.74) is 5.36. The number of unbranched alkanes of at least 4 members (excludes halogenated alkanes) is 14. The number of imidazole rings is 1. The van der Waals surface area contributed by atoms with Gasteiger partial charge >= 0.3 is 0 Å². The van der Waals surface area contributed by atoms with Gasteiger partial charge in [-0.2, -0.15) is 21.9 Å². The maximum absolute atomic E-state index is 3.23. The van der Waals surface area contributed by atoms with Crippen molar-refractivity contribution in [1.82, 2.24) is 4.98 Å². The molecule has 4 aromatic carbocycles. The molecule has 0 aliphatic heterocycles. The van der Waals surface area contributed by atoms with E-state index in [2.05, 4.69) is 138 Å². The van der Waals surface area contributed by atoms with Gasteiger partial charge in [0.05, 0.1) is 0 Å². The molecule has 0 radical (unpaired) electrons. The molecule has 0 fully saturated rings. The average Bonchev–Trinajstić information content (AvgIpc) is 3.66. The van der Waals surface area contributed by atoms with Crippen LogP contribution < -0.4 is 26.8 Å². The van der Waals surface area contributed by atoms with E-state index < -0.39 is 6.15 Å². The van der Waals surface area contributed by atoms with E-state index in [1.54, 1.807) is 0 Å². The Kier molecular flexibility index (Phi) is 16.7. The quantitative estimate of drug-likeness (QED) is 0.0659. The van der Waals surface area contributed by atoms with Crippen LogP contribution in [-0.4, -0.2) is 11.1 Å². The van der Waals surface area contributed by atoms with Gasteiger partial charge in [-0.25, -0.2) is 9.97 Å². The summed E-state index contributed by atoms with van der Waals surface area (Å²) in [5, 5.41) is 0. The lowest BCUT2D eigenvalue weighted by molar-refractivity contribution is -0.388. The van der Waals surface area contributed by atoms with Gasteiger partial charge in [0.2, 0.25) is 0 Å². The number of benzene rings is 4. The highest BCUT2D eigenvalue weighted by atomic mass is 14.9. The summed E-state index contributed by atoms with van der Waals surface area (Å²) in [4.78, 5) is 6.46.